The molecule has 0 atom stereocenters. The maximum Gasteiger partial charge on any atom is 0.412 e. The minimum Gasteiger partial charge on any atom is -0.453 e. The molecule has 2 aromatic rings. The van der Waals surface area contributed by atoms with E-state index in [2.05, 4.69) is 15.5 Å². The second kappa shape index (κ2) is 11.6. The summed E-state index contributed by atoms with van der Waals surface area (Å²) in [6, 6.07) is 14.8. The molecule has 3 amide bonds. The number of nitrogens with one attached hydrogen (secondary N) is 2. The number of anilines is 2. The first-order valence-corrected chi connectivity index (χ1v) is 11.7. The summed E-state index contributed by atoms with van der Waals surface area (Å²) in [5, 5.41) is 6.07. The maximum absolute atomic E-state index is 13.1. The van der Waals surface area contributed by atoms with Gasteiger partial charge in [0.15, 0.2) is 0 Å². The zero-order chi connectivity index (χ0) is 24.6. The monoisotopic (exact) mass is 481 g/mol. The quantitative estimate of drug-likeness (QED) is 0.676. The molecule has 0 spiro atoms. The van der Waals surface area contributed by atoms with Crippen molar-refractivity contribution >= 4 is 29.5 Å². The van der Waals surface area contributed by atoms with Gasteiger partial charge in [-0.2, -0.15) is 0 Å². The summed E-state index contributed by atoms with van der Waals surface area (Å²) in [6.45, 7) is 5.03. The van der Waals surface area contributed by atoms with Crippen LogP contribution < -0.4 is 15.5 Å². The zero-order valence-corrected chi connectivity index (χ0v) is 19.9. The predicted molar refractivity (Wildman–Crippen MR) is 132 cm³/mol. The number of carbonyl (C=O) groups excluding carboxylic acids is 3. The second-order valence-corrected chi connectivity index (χ2v) is 8.40. The number of benzene rings is 2. The molecule has 2 N–H and O–H groups in total. The van der Waals surface area contributed by atoms with Gasteiger partial charge in [0.1, 0.15) is 6.61 Å². The largest absolute Gasteiger partial charge is 0.453 e. The molecular formula is C25H31N5O5. The number of nitrogens with zero attached hydrogens (tertiary/aromatic N) is 3. The van der Waals surface area contributed by atoms with Crippen LogP contribution in [0.5, 0.6) is 0 Å². The lowest BCUT2D eigenvalue weighted by molar-refractivity contribution is 0.0735. The van der Waals surface area contributed by atoms with Crippen LogP contribution in [0.3, 0.4) is 0 Å². The van der Waals surface area contributed by atoms with Crippen LogP contribution in [-0.4, -0.2) is 87.4 Å². The van der Waals surface area contributed by atoms with Gasteiger partial charge in [-0.15, -0.1) is 0 Å². The van der Waals surface area contributed by atoms with E-state index in [0.717, 1.165) is 24.3 Å². The molecule has 2 aromatic carbocycles. The maximum atomic E-state index is 13.1. The van der Waals surface area contributed by atoms with E-state index in [-0.39, 0.29) is 18.6 Å². The van der Waals surface area contributed by atoms with Gasteiger partial charge in [0.25, 0.3) is 5.91 Å². The average molecular weight is 482 g/mol. The lowest BCUT2D eigenvalue weighted by atomic mass is 10.1. The lowest BCUT2D eigenvalue weighted by Gasteiger charge is -2.36. The topological polar surface area (TPSA) is 103 Å². The fourth-order valence-corrected chi connectivity index (χ4v) is 4.22. The van der Waals surface area contributed by atoms with E-state index in [4.69, 9.17) is 9.47 Å². The highest BCUT2D eigenvalue weighted by Gasteiger charge is 2.25. The number of hydrogen-bond donors (Lipinski definition) is 2. The SMILES string of the molecule is COC(=O)N1CCN(c2ccc(C(=O)N3CCNCC3)cc2NC(=O)OCc2ccccc2)CC1. The minimum atomic E-state index is -0.602. The van der Waals surface area contributed by atoms with E-state index in [9.17, 15) is 14.4 Å². The Labute approximate surface area is 204 Å². The number of amides is 3. The first-order chi connectivity index (χ1) is 17.0. The molecule has 0 radical (unpaired) electrons. The summed E-state index contributed by atoms with van der Waals surface area (Å²) in [7, 11) is 1.37. The van der Waals surface area contributed by atoms with Gasteiger partial charge >= 0.3 is 12.2 Å². The van der Waals surface area contributed by atoms with E-state index >= 15 is 0 Å². The van der Waals surface area contributed by atoms with Gasteiger partial charge in [-0.05, 0) is 23.8 Å². The van der Waals surface area contributed by atoms with Crippen molar-refractivity contribution in [3.63, 3.8) is 0 Å². The van der Waals surface area contributed by atoms with E-state index in [1.807, 2.05) is 36.4 Å². The van der Waals surface area contributed by atoms with E-state index in [0.29, 0.717) is 50.5 Å². The highest BCUT2D eigenvalue weighted by molar-refractivity contribution is 5.98. The van der Waals surface area contributed by atoms with Crippen LogP contribution in [0, 0.1) is 0 Å². The van der Waals surface area contributed by atoms with Crippen molar-refractivity contribution in [3.8, 4) is 0 Å². The summed E-state index contributed by atoms with van der Waals surface area (Å²) in [6.07, 6.45) is -0.959. The molecule has 0 unspecified atom stereocenters. The highest BCUT2D eigenvalue weighted by Crippen LogP contribution is 2.29. The van der Waals surface area contributed by atoms with Crippen molar-refractivity contribution in [2.75, 3.05) is 69.7 Å². The van der Waals surface area contributed by atoms with Crippen LogP contribution in [0.1, 0.15) is 15.9 Å². The van der Waals surface area contributed by atoms with Crippen molar-refractivity contribution in [3.05, 3.63) is 59.7 Å². The van der Waals surface area contributed by atoms with Crippen molar-refractivity contribution in [1.82, 2.24) is 15.1 Å². The van der Waals surface area contributed by atoms with Gasteiger partial charge in [0.05, 0.1) is 18.5 Å². The Morgan fingerprint density at radius 3 is 2.31 bits per heavy atom. The van der Waals surface area contributed by atoms with Gasteiger partial charge < -0.3 is 29.5 Å². The molecule has 10 heteroatoms. The Morgan fingerprint density at radius 2 is 1.63 bits per heavy atom. The summed E-state index contributed by atoms with van der Waals surface area (Å²) in [4.78, 5) is 43.1. The molecule has 4 rings (SSSR count). The molecule has 10 nitrogen and oxygen atoms in total. The van der Waals surface area contributed by atoms with Gasteiger partial charge in [0.2, 0.25) is 0 Å². The molecule has 0 bridgehead atoms. The molecule has 2 aliphatic rings. The highest BCUT2D eigenvalue weighted by atomic mass is 16.5. The lowest BCUT2D eigenvalue weighted by Crippen LogP contribution is -2.49. The van der Waals surface area contributed by atoms with E-state index < -0.39 is 6.09 Å². The van der Waals surface area contributed by atoms with Crippen LogP contribution >= 0.6 is 0 Å². The third-order valence-corrected chi connectivity index (χ3v) is 6.15. The molecule has 35 heavy (non-hydrogen) atoms. The molecule has 0 aliphatic carbocycles. The molecule has 2 fully saturated rings. The van der Waals surface area contributed by atoms with E-state index in [1.165, 1.54) is 7.11 Å². The Morgan fingerprint density at radius 1 is 0.914 bits per heavy atom. The Hall–Kier alpha value is -3.79. The fourth-order valence-electron chi connectivity index (χ4n) is 4.22. The van der Waals surface area contributed by atoms with Gasteiger partial charge in [-0.1, -0.05) is 30.3 Å². The van der Waals surface area contributed by atoms with Crippen LogP contribution in [0.15, 0.2) is 48.5 Å². The van der Waals surface area contributed by atoms with Gasteiger partial charge in [0, 0.05) is 57.9 Å². The van der Waals surface area contributed by atoms with Crippen LogP contribution in [0.25, 0.3) is 0 Å². The van der Waals surface area contributed by atoms with Crippen molar-refractivity contribution < 1.29 is 23.9 Å². The molecule has 2 heterocycles. The predicted octanol–water partition coefficient (Wildman–Crippen LogP) is 2.37. The number of carbonyl (C=O) groups is 3. The van der Waals surface area contributed by atoms with E-state index in [1.54, 1.807) is 21.9 Å². The van der Waals surface area contributed by atoms with Gasteiger partial charge in [-0.25, -0.2) is 9.59 Å². The number of rotatable bonds is 5. The number of methoxy groups -OCH3 is 1. The van der Waals surface area contributed by atoms with Crippen molar-refractivity contribution in [1.29, 1.82) is 0 Å². The van der Waals surface area contributed by atoms with Crippen molar-refractivity contribution in [2.24, 2.45) is 0 Å². The third kappa shape index (κ3) is 6.21. The third-order valence-electron chi connectivity index (χ3n) is 6.15. The summed E-state index contributed by atoms with van der Waals surface area (Å²) >= 11 is 0. The molecule has 2 aliphatic heterocycles. The smallest absolute Gasteiger partial charge is 0.412 e. The molecule has 186 valence electrons. The molecule has 0 saturated carbocycles. The number of ether oxygens (including phenoxy) is 2. The van der Waals surface area contributed by atoms with Crippen LogP contribution in [0.2, 0.25) is 0 Å². The normalized spacial score (nSPS) is 16.0. The summed E-state index contributed by atoms with van der Waals surface area (Å²) in [5.41, 5.74) is 2.64. The van der Waals surface area contributed by atoms with Crippen LogP contribution in [-0.2, 0) is 16.1 Å². The standard InChI is InChI=1S/C25H31N5O5/c1-34-25(33)30-15-13-28(14-16-30)22-8-7-20(23(31)29-11-9-26-10-12-29)17-21(22)27-24(32)35-18-19-5-3-2-4-6-19/h2-8,17,26H,9-16,18H2,1H3,(H,27,32). The minimum absolute atomic E-state index is 0.0748. The summed E-state index contributed by atoms with van der Waals surface area (Å²) in [5.74, 6) is -0.0748. The number of hydrogen-bond acceptors (Lipinski definition) is 7. The Balaban J connectivity index is 1.51. The average Bonchev–Trinajstić information content (AvgIpc) is 2.92. The second-order valence-electron chi connectivity index (χ2n) is 8.40. The zero-order valence-electron chi connectivity index (χ0n) is 19.9. The number of piperazine rings is 2. The fraction of sp³-hybridized carbons (Fsp3) is 0.400. The molecule has 2 saturated heterocycles. The Bertz CT molecular complexity index is 1030. The summed E-state index contributed by atoms with van der Waals surface area (Å²) < 4.78 is 10.2. The van der Waals surface area contributed by atoms with Crippen LogP contribution in [0.4, 0.5) is 21.0 Å². The van der Waals surface area contributed by atoms with Gasteiger partial charge in [-0.3, -0.25) is 10.1 Å². The first-order valence-electron chi connectivity index (χ1n) is 11.7. The Kier molecular flexibility index (Phi) is 8.04. The van der Waals surface area contributed by atoms with Crippen molar-refractivity contribution in [2.45, 2.75) is 6.61 Å². The first kappa shape index (κ1) is 24.3. The molecular weight excluding hydrogens is 450 g/mol. The molecule has 0 aromatic heterocycles.